The minimum absolute atomic E-state index is 0.625. The summed E-state index contributed by atoms with van der Waals surface area (Å²) in [5.41, 5.74) is 9.52. The van der Waals surface area contributed by atoms with Gasteiger partial charge in [0.15, 0.2) is 11.5 Å². The van der Waals surface area contributed by atoms with E-state index in [4.69, 9.17) is 10.5 Å². The van der Waals surface area contributed by atoms with Crippen LogP contribution < -0.4 is 10.5 Å². The van der Waals surface area contributed by atoms with Gasteiger partial charge in [-0.3, -0.25) is 0 Å². The Labute approximate surface area is 118 Å². The molecular formula is C17H16N2O. The number of benzene rings is 2. The van der Waals surface area contributed by atoms with Gasteiger partial charge in [0.1, 0.15) is 5.52 Å². The van der Waals surface area contributed by atoms with E-state index in [2.05, 4.69) is 4.98 Å². The van der Waals surface area contributed by atoms with Gasteiger partial charge < -0.3 is 10.5 Å². The number of hydrogen-bond acceptors (Lipinski definition) is 3. The minimum atomic E-state index is 0.625. The van der Waals surface area contributed by atoms with Crippen LogP contribution in [0.2, 0.25) is 0 Å². The molecule has 1 aromatic heterocycles. The van der Waals surface area contributed by atoms with Crippen LogP contribution in [0.4, 0.5) is 5.69 Å². The monoisotopic (exact) mass is 264 g/mol. The fourth-order valence-electron chi connectivity index (χ4n) is 2.15. The van der Waals surface area contributed by atoms with Gasteiger partial charge in [0.05, 0.1) is 5.69 Å². The fraction of sp³-hybridized carbons (Fsp3) is 0.118. The standard InChI is InChI=1S/C17H16N2O/c1-11-6-9-14(18)16(10-11)20-15-5-3-4-13-8-7-12(2)19-17(13)15/h3-10H,18H2,1-2H3. The Hall–Kier alpha value is -2.55. The van der Waals surface area contributed by atoms with Crippen LogP contribution in [-0.2, 0) is 0 Å². The second-order valence-electron chi connectivity index (χ2n) is 4.92. The predicted octanol–water partition coefficient (Wildman–Crippen LogP) is 4.23. The Kier molecular flexibility index (Phi) is 3.03. The van der Waals surface area contributed by atoms with Crippen LogP contribution in [-0.4, -0.2) is 4.98 Å². The van der Waals surface area contributed by atoms with E-state index in [0.29, 0.717) is 11.4 Å². The summed E-state index contributed by atoms with van der Waals surface area (Å²) >= 11 is 0. The highest BCUT2D eigenvalue weighted by Gasteiger charge is 2.07. The summed E-state index contributed by atoms with van der Waals surface area (Å²) in [5.74, 6) is 1.39. The summed E-state index contributed by atoms with van der Waals surface area (Å²) < 4.78 is 5.97. The van der Waals surface area contributed by atoms with Crippen LogP contribution in [0, 0.1) is 13.8 Å². The Bertz CT molecular complexity index is 781. The largest absolute Gasteiger partial charge is 0.453 e. The summed E-state index contributed by atoms with van der Waals surface area (Å²) in [6.07, 6.45) is 0. The van der Waals surface area contributed by atoms with E-state index >= 15 is 0 Å². The number of aryl methyl sites for hydroxylation is 2. The van der Waals surface area contributed by atoms with Crippen LogP contribution in [0.3, 0.4) is 0 Å². The van der Waals surface area contributed by atoms with Gasteiger partial charge in [-0.1, -0.05) is 24.3 Å². The van der Waals surface area contributed by atoms with Crippen molar-refractivity contribution in [1.82, 2.24) is 4.98 Å². The van der Waals surface area contributed by atoms with E-state index in [0.717, 1.165) is 27.9 Å². The predicted molar refractivity (Wildman–Crippen MR) is 82.1 cm³/mol. The first kappa shape index (κ1) is 12.5. The number of nitrogen functional groups attached to an aromatic ring is 1. The number of nitrogens with two attached hydrogens (primary N) is 1. The van der Waals surface area contributed by atoms with E-state index < -0.39 is 0 Å². The minimum Gasteiger partial charge on any atom is -0.453 e. The van der Waals surface area contributed by atoms with Crippen LogP contribution in [0.25, 0.3) is 10.9 Å². The highest BCUT2D eigenvalue weighted by atomic mass is 16.5. The van der Waals surface area contributed by atoms with E-state index in [1.54, 1.807) is 0 Å². The first-order valence-corrected chi connectivity index (χ1v) is 6.54. The maximum Gasteiger partial charge on any atom is 0.153 e. The molecule has 2 N–H and O–H groups in total. The summed E-state index contributed by atoms with van der Waals surface area (Å²) in [7, 11) is 0. The Morgan fingerprint density at radius 1 is 0.950 bits per heavy atom. The molecule has 0 spiro atoms. The number of fused-ring (bicyclic) bond motifs is 1. The molecule has 0 saturated heterocycles. The van der Waals surface area contributed by atoms with Crippen LogP contribution in [0.5, 0.6) is 11.5 Å². The molecule has 0 atom stereocenters. The van der Waals surface area contributed by atoms with Crippen molar-refractivity contribution in [3.63, 3.8) is 0 Å². The third-order valence-electron chi connectivity index (χ3n) is 3.21. The average molecular weight is 264 g/mol. The van der Waals surface area contributed by atoms with Crippen molar-refractivity contribution in [3.05, 3.63) is 59.8 Å². The van der Waals surface area contributed by atoms with Crippen molar-refractivity contribution >= 4 is 16.6 Å². The lowest BCUT2D eigenvalue weighted by Crippen LogP contribution is -1.94. The Balaban J connectivity index is 2.10. The second kappa shape index (κ2) is 4.85. The Morgan fingerprint density at radius 2 is 1.80 bits per heavy atom. The van der Waals surface area contributed by atoms with Gasteiger partial charge in [0, 0.05) is 11.1 Å². The molecule has 0 amide bonds. The molecule has 3 nitrogen and oxygen atoms in total. The molecule has 0 bridgehead atoms. The van der Waals surface area contributed by atoms with E-state index in [9.17, 15) is 0 Å². The van der Waals surface area contributed by atoms with Crippen LogP contribution in [0.15, 0.2) is 48.5 Å². The number of anilines is 1. The number of pyridine rings is 1. The quantitative estimate of drug-likeness (QED) is 0.705. The van der Waals surface area contributed by atoms with Gasteiger partial charge in [0.2, 0.25) is 0 Å². The molecule has 3 aromatic rings. The van der Waals surface area contributed by atoms with Gasteiger partial charge in [-0.25, -0.2) is 4.98 Å². The van der Waals surface area contributed by atoms with Gasteiger partial charge in [-0.05, 0) is 43.7 Å². The zero-order valence-electron chi connectivity index (χ0n) is 11.6. The van der Waals surface area contributed by atoms with Gasteiger partial charge in [-0.2, -0.15) is 0 Å². The van der Waals surface area contributed by atoms with E-state index in [1.165, 1.54) is 0 Å². The van der Waals surface area contributed by atoms with Crippen molar-refractivity contribution in [1.29, 1.82) is 0 Å². The van der Waals surface area contributed by atoms with Crippen molar-refractivity contribution in [3.8, 4) is 11.5 Å². The van der Waals surface area contributed by atoms with Crippen molar-refractivity contribution < 1.29 is 4.74 Å². The van der Waals surface area contributed by atoms with Gasteiger partial charge >= 0.3 is 0 Å². The molecule has 0 aliphatic carbocycles. The van der Waals surface area contributed by atoms with Gasteiger partial charge in [0.25, 0.3) is 0 Å². The Morgan fingerprint density at radius 3 is 2.65 bits per heavy atom. The molecule has 0 radical (unpaired) electrons. The lowest BCUT2D eigenvalue weighted by atomic mass is 10.2. The topological polar surface area (TPSA) is 48.1 Å². The number of nitrogens with zero attached hydrogens (tertiary/aromatic N) is 1. The first-order valence-electron chi connectivity index (χ1n) is 6.54. The molecule has 3 heteroatoms. The molecule has 20 heavy (non-hydrogen) atoms. The summed E-state index contributed by atoms with van der Waals surface area (Å²) in [5, 5.41) is 1.05. The summed E-state index contributed by atoms with van der Waals surface area (Å²) in [4.78, 5) is 4.56. The molecule has 0 unspecified atom stereocenters. The average Bonchev–Trinajstić information content (AvgIpc) is 2.43. The van der Waals surface area contributed by atoms with E-state index in [1.807, 2.05) is 62.4 Å². The normalized spacial score (nSPS) is 10.7. The van der Waals surface area contributed by atoms with Crippen LogP contribution >= 0.6 is 0 Å². The zero-order valence-corrected chi connectivity index (χ0v) is 11.6. The van der Waals surface area contributed by atoms with Crippen molar-refractivity contribution in [2.75, 3.05) is 5.73 Å². The SMILES string of the molecule is Cc1ccc(N)c(Oc2cccc3ccc(C)nc23)c1. The third kappa shape index (κ3) is 2.30. The number of rotatable bonds is 2. The molecule has 0 aliphatic heterocycles. The molecule has 0 aliphatic rings. The second-order valence-corrected chi connectivity index (χ2v) is 4.92. The number of hydrogen-bond donors (Lipinski definition) is 1. The van der Waals surface area contributed by atoms with Crippen molar-refractivity contribution in [2.45, 2.75) is 13.8 Å². The third-order valence-corrected chi connectivity index (χ3v) is 3.21. The lowest BCUT2D eigenvalue weighted by molar-refractivity contribution is 0.489. The number of ether oxygens (including phenoxy) is 1. The molecule has 1 heterocycles. The molecule has 0 saturated carbocycles. The molecule has 2 aromatic carbocycles. The number of para-hydroxylation sites is 1. The summed E-state index contributed by atoms with van der Waals surface area (Å²) in [6.45, 7) is 3.98. The fourth-order valence-corrected chi connectivity index (χ4v) is 2.15. The molecule has 100 valence electrons. The maximum atomic E-state index is 5.97. The first-order chi connectivity index (χ1) is 9.63. The molecule has 3 rings (SSSR count). The smallest absolute Gasteiger partial charge is 0.153 e. The van der Waals surface area contributed by atoms with Crippen molar-refractivity contribution in [2.24, 2.45) is 0 Å². The molecular weight excluding hydrogens is 248 g/mol. The van der Waals surface area contributed by atoms with Crippen LogP contribution in [0.1, 0.15) is 11.3 Å². The number of aromatic nitrogens is 1. The highest BCUT2D eigenvalue weighted by Crippen LogP contribution is 2.32. The molecule has 0 fully saturated rings. The summed E-state index contributed by atoms with van der Waals surface area (Å²) in [6, 6.07) is 15.7. The van der Waals surface area contributed by atoms with Gasteiger partial charge in [-0.15, -0.1) is 0 Å². The zero-order chi connectivity index (χ0) is 14.1. The maximum absolute atomic E-state index is 5.97. The van der Waals surface area contributed by atoms with E-state index in [-0.39, 0.29) is 0 Å². The highest BCUT2D eigenvalue weighted by molar-refractivity contribution is 5.85. The lowest BCUT2D eigenvalue weighted by Gasteiger charge is -2.11.